The van der Waals surface area contributed by atoms with Crippen LogP contribution in [0.15, 0.2) is 42.5 Å². The molecular weight excluding hydrogens is 269 g/mol. The SMILES string of the molecule is CCNCc1cc(F)cc(OCc2cccc(OC)c2)c1. The summed E-state index contributed by atoms with van der Waals surface area (Å²) in [6, 6.07) is 12.4. The molecule has 0 atom stereocenters. The van der Waals surface area contributed by atoms with Crippen molar-refractivity contribution in [1.82, 2.24) is 5.32 Å². The fourth-order valence-electron chi connectivity index (χ4n) is 2.00. The lowest BCUT2D eigenvalue weighted by atomic mass is 10.2. The van der Waals surface area contributed by atoms with Crippen LogP contribution in [-0.2, 0) is 13.2 Å². The Morgan fingerprint density at radius 2 is 1.86 bits per heavy atom. The van der Waals surface area contributed by atoms with E-state index < -0.39 is 0 Å². The number of halogens is 1. The monoisotopic (exact) mass is 289 g/mol. The molecule has 0 spiro atoms. The summed E-state index contributed by atoms with van der Waals surface area (Å²) in [7, 11) is 1.62. The van der Waals surface area contributed by atoms with E-state index in [9.17, 15) is 4.39 Å². The predicted octanol–water partition coefficient (Wildman–Crippen LogP) is 3.52. The molecule has 3 nitrogen and oxygen atoms in total. The molecule has 0 unspecified atom stereocenters. The molecule has 0 amide bonds. The Bertz CT molecular complexity index is 587. The van der Waals surface area contributed by atoms with E-state index in [1.165, 1.54) is 12.1 Å². The average molecular weight is 289 g/mol. The quantitative estimate of drug-likeness (QED) is 0.846. The Kier molecular flexibility index (Phi) is 5.58. The van der Waals surface area contributed by atoms with E-state index >= 15 is 0 Å². The third-order valence-electron chi connectivity index (χ3n) is 3.05. The van der Waals surface area contributed by atoms with Crippen molar-refractivity contribution in [3.63, 3.8) is 0 Å². The maximum atomic E-state index is 13.6. The van der Waals surface area contributed by atoms with Gasteiger partial charge in [-0.05, 0) is 41.9 Å². The van der Waals surface area contributed by atoms with Crippen LogP contribution < -0.4 is 14.8 Å². The van der Waals surface area contributed by atoms with Crippen LogP contribution in [0.3, 0.4) is 0 Å². The van der Waals surface area contributed by atoms with Crippen LogP contribution in [0.2, 0.25) is 0 Å². The van der Waals surface area contributed by atoms with Crippen molar-refractivity contribution in [3.8, 4) is 11.5 Å². The van der Waals surface area contributed by atoms with Gasteiger partial charge in [0, 0.05) is 12.6 Å². The van der Waals surface area contributed by atoms with Gasteiger partial charge in [-0.15, -0.1) is 0 Å². The average Bonchev–Trinajstić information content (AvgIpc) is 2.50. The third kappa shape index (κ3) is 4.76. The van der Waals surface area contributed by atoms with Gasteiger partial charge in [-0.25, -0.2) is 4.39 Å². The molecule has 2 aromatic rings. The minimum atomic E-state index is -0.286. The lowest BCUT2D eigenvalue weighted by Crippen LogP contribution is -2.12. The predicted molar refractivity (Wildman–Crippen MR) is 81.1 cm³/mol. The van der Waals surface area contributed by atoms with Crippen molar-refractivity contribution < 1.29 is 13.9 Å². The minimum Gasteiger partial charge on any atom is -0.497 e. The highest BCUT2D eigenvalue weighted by atomic mass is 19.1. The molecule has 112 valence electrons. The molecule has 0 bridgehead atoms. The fraction of sp³-hybridized carbons (Fsp3) is 0.294. The van der Waals surface area contributed by atoms with E-state index in [0.717, 1.165) is 23.4 Å². The molecule has 0 saturated carbocycles. The third-order valence-corrected chi connectivity index (χ3v) is 3.05. The van der Waals surface area contributed by atoms with Gasteiger partial charge in [-0.1, -0.05) is 19.1 Å². The Hall–Kier alpha value is -2.07. The summed E-state index contributed by atoms with van der Waals surface area (Å²) in [5, 5.41) is 3.17. The highest BCUT2D eigenvalue weighted by molar-refractivity contribution is 5.31. The van der Waals surface area contributed by atoms with Crippen molar-refractivity contribution in [1.29, 1.82) is 0 Å². The number of nitrogens with one attached hydrogen (secondary N) is 1. The lowest BCUT2D eigenvalue weighted by molar-refractivity contribution is 0.303. The first-order valence-corrected chi connectivity index (χ1v) is 6.97. The van der Waals surface area contributed by atoms with E-state index in [1.54, 1.807) is 7.11 Å². The second kappa shape index (κ2) is 7.64. The van der Waals surface area contributed by atoms with Crippen LogP contribution in [0, 0.1) is 5.82 Å². The smallest absolute Gasteiger partial charge is 0.127 e. The Balaban J connectivity index is 2.03. The summed E-state index contributed by atoms with van der Waals surface area (Å²) < 4.78 is 24.4. The van der Waals surface area contributed by atoms with Gasteiger partial charge in [0.15, 0.2) is 0 Å². The second-order valence-corrected chi connectivity index (χ2v) is 4.72. The van der Waals surface area contributed by atoms with Gasteiger partial charge in [0.2, 0.25) is 0 Å². The molecule has 2 aromatic carbocycles. The van der Waals surface area contributed by atoms with Gasteiger partial charge >= 0.3 is 0 Å². The van der Waals surface area contributed by atoms with Crippen LogP contribution in [0.25, 0.3) is 0 Å². The second-order valence-electron chi connectivity index (χ2n) is 4.72. The maximum absolute atomic E-state index is 13.6. The van der Waals surface area contributed by atoms with Gasteiger partial charge in [0.25, 0.3) is 0 Å². The van der Waals surface area contributed by atoms with Gasteiger partial charge in [-0.2, -0.15) is 0 Å². The highest BCUT2D eigenvalue weighted by Gasteiger charge is 2.03. The number of hydrogen-bond acceptors (Lipinski definition) is 3. The van der Waals surface area contributed by atoms with Crippen molar-refractivity contribution in [2.45, 2.75) is 20.1 Å². The van der Waals surface area contributed by atoms with E-state index in [0.29, 0.717) is 18.9 Å². The van der Waals surface area contributed by atoms with Crippen molar-refractivity contribution >= 4 is 0 Å². The first-order chi connectivity index (χ1) is 10.2. The zero-order chi connectivity index (χ0) is 15.1. The highest BCUT2D eigenvalue weighted by Crippen LogP contribution is 2.19. The molecule has 4 heteroatoms. The summed E-state index contributed by atoms with van der Waals surface area (Å²) in [6.45, 7) is 3.86. The first kappa shape index (κ1) is 15.3. The standard InChI is InChI=1S/C17H20FNO2/c1-3-19-11-14-7-15(18)10-17(9-14)21-12-13-5-4-6-16(8-13)20-2/h4-10,19H,3,11-12H2,1-2H3. The lowest BCUT2D eigenvalue weighted by Gasteiger charge is -2.10. The molecule has 0 aliphatic rings. The first-order valence-electron chi connectivity index (χ1n) is 6.97. The molecule has 0 aliphatic carbocycles. The molecular formula is C17H20FNO2. The molecule has 0 aliphatic heterocycles. The van der Waals surface area contributed by atoms with Crippen LogP contribution in [0.5, 0.6) is 11.5 Å². The van der Waals surface area contributed by atoms with Crippen LogP contribution in [-0.4, -0.2) is 13.7 Å². The molecule has 0 saturated heterocycles. The minimum absolute atomic E-state index is 0.286. The molecule has 2 rings (SSSR count). The number of hydrogen-bond donors (Lipinski definition) is 1. The largest absolute Gasteiger partial charge is 0.497 e. The van der Waals surface area contributed by atoms with Crippen LogP contribution in [0.1, 0.15) is 18.1 Å². The van der Waals surface area contributed by atoms with Gasteiger partial charge in [-0.3, -0.25) is 0 Å². The van der Waals surface area contributed by atoms with E-state index in [2.05, 4.69) is 5.32 Å². The molecule has 21 heavy (non-hydrogen) atoms. The maximum Gasteiger partial charge on any atom is 0.127 e. The normalized spacial score (nSPS) is 10.4. The van der Waals surface area contributed by atoms with Crippen molar-refractivity contribution in [2.75, 3.05) is 13.7 Å². The summed E-state index contributed by atoms with van der Waals surface area (Å²) >= 11 is 0. The summed E-state index contributed by atoms with van der Waals surface area (Å²) in [5.41, 5.74) is 1.85. The van der Waals surface area contributed by atoms with Gasteiger partial charge in [0.1, 0.15) is 23.9 Å². The number of methoxy groups -OCH3 is 1. The van der Waals surface area contributed by atoms with Crippen molar-refractivity contribution in [3.05, 3.63) is 59.4 Å². The zero-order valence-electron chi connectivity index (χ0n) is 12.4. The fourth-order valence-corrected chi connectivity index (χ4v) is 2.00. The Morgan fingerprint density at radius 1 is 1.05 bits per heavy atom. The zero-order valence-corrected chi connectivity index (χ0v) is 12.4. The number of benzene rings is 2. The summed E-state index contributed by atoms with van der Waals surface area (Å²) in [6.07, 6.45) is 0. The van der Waals surface area contributed by atoms with E-state index in [-0.39, 0.29) is 5.82 Å². The molecule has 0 radical (unpaired) electrons. The van der Waals surface area contributed by atoms with E-state index in [1.807, 2.05) is 37.3 Å². The Labute approximate surface area is 124 Å². The van der Waals surface area contributed by atoms with Crippen LogP contribution >= 0.6 is 0 Å². The Morgan fingerprint density at radius 3 is 2.62 bits per heavy atom. The number of ether oxygens (including phenoxy) is 2. The summed E-state index contributed by atoms with van der Waals surface area (Å²) in [4.78, 5) is 0. The summed E-state index contributed by atoms with van der Waals surface area (Å²) in [5.74, 6) is 1.03. The topological polar surface area (TPSA) is 30.5 Å². The molecule has 1 N–H and O–H groups in total. The van der Waals surface area contributed by atoms with Gasteiger partial charge < -0.3 is 14.8 Å². The number of rotatable bonds is 7. The van der Waals surface area contributed by atoms with Crippen molar-refractivity contribution in [2.24, 2.45) is 0 Å². The van der Waals surface area contributed by atoms with Gasteiger partial charge in [0.05, 0.1) is 7.11 Å². The van der Waals surface area contributed by atoms with Crippen LogP contribution in [0.4, 0.5) is 4.39 Å². The molecule has 0 heterocycles. The molecule has 0 aromatic heterocycles. The molecule has 0 fully saturated rings. The van der Waals surface area contributed by atoms with E-state index in [4.69, 9.17) is 9.47 Å².